The number of ether oxygens (including phenoxy) is 1. The molecule has 0 spiro atoms. The number of nitrogens with two attached hydrogens (primary N) is 1. The van der Waals surface area contributed by atoms with Gasteiger partial charge in [-0.2, -0.15) is 5.26 Å². The first kappa shape index (κ1) is 14.0. The Morgan fingerprint density at radius 1 is 1.56 bits per heavy atom. The van der Waals surface area contributed by atoms with E-state index >= 15 is 0 Å². The second-order valence-corrected chi connectivity index (χ2v) is 5.08. The molecule has 96 valence electrons. The van der Waals surface area contributed by atoms with Crippen molar-refractivity contribution in [3.8, 4) is 11.8 Å². The third-order valence-electron chi connectivity index (χ3n) is 2.49. The third kappa shape index (κ3) is 3.20. The van der Waals surface area contributed by atoms with E-state index in [-0.39, 0.29) is 18.2 Å². The lowest BCUT2D eigenvalue weighted by Crippen LogP contribution is -2.26. The molecule has 5 nitrogen and oxygen atoms in total. The van der Waals surface area contributed by atoms with E-state index in [1.165, 1.54) is 6.07 Å². The number of aromatic nitrogens is 1. The molecule has 0 aromatic carbocycles. The van der Waals surface area contributed by atoms with E-state index < -0.39 is 5.41 Å². The number of aryl methyl sites for hydroxylation is 1. The van der Waals surface area contributed by atoms with Crippen LogP contribution in [0.5, 0.6) is 5.75 Å². The van der Waals surface area contributed by atoms with Gasteiger partial charge in [-0.3, -0.25) is 4.79 Å². The highest BCUT2D eigenvalue weighted by Gasteiger charge is 2.22. The van der Waals surface area contributed by atoms with E-state index in [4.69, 9.17) is 15.7 Å². The van der Waals surface area contributed by atoms with Crippen molar-refractivity contribution in [1.29, 1.82) is 5.26 Å². The van der Waals surface area contributed by atoms with Crippen LogP contribution in [0.25, 0.3) is 0 Å². The number of carbonyl (C=O) groups excluding carboxylic acids is 1. The van der Waals surface area contributed by atoms with Crippen molar-refractivity contribution in [2.45, 2.75) is 27.7 Å². The van der Waals surface area contributed by atoms with Crippen molar-refractivity contribution < 1.29 is 9.53 Å². The predicted molar refractivity (Wildman–Crippen MR) is 68.1 cm³/mol. The Morgan fingerprint density at radius 2 is 2.17 bits per heavy atom. The summed E-state index contributed by atoms with van der Waals surface area (Å²) in [5, 5.41) is 9.02. The molecule has 5 heteroatoms. The molecule has 0 aliphatic heterocycles. The lowest BCUT2D eigenvalue weighted by Gasteiger charge is -2.17. The fourth-order valence-electron chi connectivity index (χ4n) is 1.28. The third-order valence-corrected chi connectivity index (χ3v) is 2.49. The summed E-state index contributed by atoms with van der Waals surface area (Å²) in [5.41, 5.74) is 5.93. The Labute approximate surface area is 107 Å². The van der Waals surface area contributed by atoms with Crippen molar-refractivity contribution in [2.75, 3.05) is 12.3 Å². The van der Waals surface area contributed by atoms with E-state index in [0.29, 0.717) is 17.0 Å². The summed E-state index contributed by atoms with van der Waals surface area (Å²) in [6.07, 6.45) is 0. The van der Waals surface area contributed by atoms with Crippen LogP contribution in [-0.4, -0.2) is 17.4 Å². The topological polar surface area (TPSA) is 89.0 Å². The minimum atomic E-state index is -0.472. The molecule has 1 aromatic rings. The summed E-state index contributed by atoms with van der Waals surface area (Å²) in [4.78, 5) is 15.7. The first-order valence-electron chi connectivity index (χ1n) is 5.59. The van der Waals surface area contributed by atoms with Crippen molar-refractivity contribution >= 4 is 11.6 Å². The molecule has 2 N–H and O–H groups in total. The maximum atomic E-state index is 11.8. The van der Waals surface area contributed by atoms with Crippen molar-refractivity contribution in [3.05, 3.63) is 17.3 Å². The number of anilines is 1. The van der Waals surface area contributed by atoms with Gasteiger partial charge in [-0.05, 0) is 6.92 Å². The van der Waals surface area contributed by atoms with Gasteiger partial charge in [-0.15, -0.1) is 0 Å². The Bertz CT molecular complexity index is 510. The van der Waals surface area contributed by atoms with Crippen LogP contribution in [0, 0.1) is 23.7 Å². The van der Waals surface area contributed by atoms with E-state index in [1.54, 1.807) is 6.92 Å². The molecular weight excluding hydrogens is 230 g/mol. The van der Waals surface area contributed by atoms with Gasteiger partial charge in [0.05, 0.1) is 5.69 Å². The number of rotatable bonds is 3. The van der Waals surface area contributed by atoms with Crippen molar-refractivity contribution in [2.24, 2.45) is 5.41 Å². The molecule has 1 aromatic heterocycles. The SMILES string of the molecule is Cc1nc(N)cc(OCC(=O)C(C)(C)C)c1C#N. The van der Waals surface area contributed by atoms with E-state index in [0.717, 1.165) is 0 Å². The maximum Gasteiger partial charge on any atom is 0.175 e. The summed E-state index contributed by atoms with van der Waals surface area (Å²) < 4.78 is 5.39. The standard InChI is InChI=1S/C13H17N3O2/c1-8-9(6-14)10(5-12(15)16-8)18-7-11(17)13(2,3)4/h5H,7H2,1-4H3,(H2,15,16). The normalized spacial score (nSPS) is 10.8. The molecule has 1 heterocycles. The molecule has 0 saturated carbocycles. The van der Waals surface area contributed by atoms with Crippen LogP contribution in [0.3, 0.4) is 0 Å². The minimum Gasteiger partial charge on any atom is -0.484 e. The van der Waals surface area contributed by atoms with Crippen LogP contribution >= 0.6 is 0 Å². The number of nitrogens with zero attached hydrogens (tertiary/aromatic N) is 2. The molecular formula is C13H17N3O2. The van der Waals surface area contributed by atoms with Gasteiger partial charge in [-0.1, -0.05) is 20.8 Å². The summed E-state index contributed by atoms with van der Waals surface area (Å²) in [7, 11) is 0. The number of Topliss-reactive ketones (excluding diaryl/α,β-unsaturated/α-hetero) is 1. The number of carbonyl (C=O) groups is 1. The number of pyridine rings is 1. The summed E-state index contributed by atoms with van der Waals surface area (Å²) >= 11 is 0. The zero-order valence-electron chi connectivity index (χ0n) is 11.1. The molecule has 0 saturated heterocycles. The highest BCUT2D eigenvalue weighted by Crippen LogP contribution is 2.23. The second-order valence-electron chi connectivity index (χ2n) is 5.08. The van der Waals surface area contributed by atoms with Crippen LogP contribution in [0.2, 0.25) is 0 Å². The number of hydrogen-bond donors (Lipinski definition) is 1. The highest BCUT2D eigenvalue weighted by molar-refractivity contribution is 5.85. The molecule has 1 rings (SSSR count). The fraction of sp³-hybridized carbons (Fsp3) is 0.462. The molecule has 0 bridgehead atoms. The quantitative estimate of drug-likeness (QED) is 0.880. The average molecular weight is 247 g/mol. The van der Waals surface area contributed by atoms with E-state index in [1.807, 2.05) is 26.8 Å². The first-order valence-corrected chi connectivity index (χ1v) is 5.59. The number of hydrogen-bond acceptors (Lipinski definition) is 5. The van der Waals surface area contributed by atoms with Gasteiger partial charge in [-0.25, -0.2) is 4.98 Å². The van der Waals surface area contributed by atoms with Crippen molar-refractivity contribution in [3.63, 3.8) is 0 Å². The van der Waals surface area contributed by atoms with Gasteiger partial charge in [0.15, 0.2) is 5.78 Å². The fourth-order valence-corrected chi connectivity index (χ4v) is 1.28. The van der Waals surface area contributed by atoms with Crippen LogP contribution in [-0.2, 0) is 4.79 Å². The monoisotopic (exact) mass is 247 g/mol. The zero-order valence-corrected chi connectivity index (χ0v) is 11.1. The van der Waals surface area contributed by atoms with Crippen molar-refractivity contribution in [1.82, 2.24) is 4.98 Å². The van der Waals surface area contributed by atoms with Gasteiger partial charge in [0.25, 0.3) is 0 Å². The first-order chi connectivity index (χ1) is 8.25. The molecule has 0 aliphatic carbocycles. The van der Waals surface area contributed by atoms with Gasteiger partial charge in [0.2, 0.25) is 0 Å². The lowest BCUT2D eigenvalue weighted by atomic mass is 9.91. The number of nitrogen functional groups attached to an aromatic ring is 1. The Morgan fingerprint density at radius 3 is 2.67 bits per heavy atom. The Kier molecular flexibility index (Phi) is 3.92. The molecule has 18 heavy (non-hydrogen) atoms. The van der Waals surface area contributed by atoms with Crippen LogP contribution in [0.4, 0.5) is 5.82 Å². The molecule has 0 atom stereocenters. The molecule has 0 aliphatic rings. The zero-order chi connectivity index (χ0) is 13.9. The maximum absolute atomic E-state index is 11.8. The van der Waals surface area contributed by atoms with Gasteiger partial charge < -0.3 is 10.5 Å². The molecule has 0 fully saturated rings. The van der Waals surface area contributed by atoms with E-state index in [2.05, 4.69) is 4.98 Å². The highest BCUT2D eigenvalue weighted by atomic mass is 16.5. The largest absolute Gasteiger partial charge is 0.484 e. The smallest absolute Gasteiger partial charge is 0.175 e. The molecule has 0 unspecified atom stereocenters. The van der Waals surface area contributed by atoms with Gasteiger partial charge >= 0.3 is 0 Å². The molecule has 0 amide bonds. The Balaban J connectivity index is 2.93. The van der Waals surface area contributed by atoms with Crippen LogP contribution < -0.4 is 10.5 Å². The average Bonchev–Trinajstić information content (AvgIpc) is 2.23. The van der Waals surface area contributed by atoms with Gasteiger partial charge in [0, 0.05) is 11.5 Å². The summed E-state index contributed by atoms with van der Waals surface area (Å²) in [6.45, 7) is 7.04. The van der Waals surface area contributed by atoms with Crippen LogP contribution in [0.15, 0.2) is 6.07 Å². The van der Waals surface area contributed by atoms with Crippen LogP contribution in [0.1, 0.15) is 32.0 Å². The summed E-state index contributed by atoms with van der Waals surface area (Å²) in [6, 6.07) is 3.46. The molecule has 0 radical (unpaired) electrons. The van der Waals surface area contributed by atoms with Gasteiger partial charge in [0.1, 0.15) is 29.8 Å². The minimum absolute atomic E-state index is 0.0422. The number of nitriles is 1. The predicted octanol–water partition coefficient (Wildman–Crippen LogP) is 1.84. The lowest BCUT2D eigenvalue weighted by molar-refractivity contribution is -0.128. The Hall–Kier alpha value is -2.09. The number of ketones is 1. The van der Waals surface area contributed by atoms with E-state index in [9.17, 15) is 4.79 Å². The summed E-state index contributed by atoms with van der Waals surface area (Å²) in [5.74, 6) is 0.532. The second kappa shape index (κ2) is 5.05.